The van der Waals surface area contributed by atoms with Crippen molar-refractivity contribution in [2.24, 2.45) is 0 Å². The molecule has 0 aliphatic rings. The lowest BCUT2D eigenvalue weighted by Gasteiger charge is -2.18. The van der Waals surface area contributed by atoms with Crippen LogP contribution in [0.15, 0.2) is 60.8 Å². The molecule has 0 aromatic heterocycles. The van der Waals surface area contributed by atoms with Crippen molar-refractivity contribution in [1.82, 2.24) is 0 Å². The number of ether oxygens (including phenoxy) is 3. The van der Waals surface area contributed by atoms with Crippen LogP contribution in [-0.4, -0.2) is 37.2 Å². The number of rotatable bonds is 64. The molecule has 6 nitrogen and oxygen atoms in total. The highest BCUT2D eigenvalue weighted by atomic mass is 16.6. The topological polar surface area (TPSA) is 78.9 Å². The molecule has 0 radical (unpaired) electrons. The monoisotopic (exact) mass is 1110 g/mol. The van der Waals surface area contributed by atoms with E-state index >= 15 is 0 Å². The minimum atomic E-state index is -0.769. The van der Waals surface area contributed by atoms with Crippen molar-refractivity contribution < 1.29 is 28.6 Å². The van der Waals surface area contributed by atoms with Crippen molar-refractivity contribution in [3.8, 4) is 0 Å². The number of carbonyl (C=O) groups excluding carboxylic acids is 3. The molecule has 0 saturated carbocycles. The van der Waals surface area contributed by atoms with E-state index < -0.39 is 6.10 Å². The van der Waals surface area contributed by atoms with E-state index in [4.69, 9.17) is 14.2 Å². The van der Waals surface area contributed by atoms with Crippen LogP contribution >= 0.6 is 0 Å². The molecule has 0 aromatic carbocycles. The van der Waals surface area contributed by atoms with Gasteiger partial charge in [-0.3, -0.25) is 14.4 Å². The van der Waals surface area contributed by atoms with Gasteiger partial charge < -0.3 is 14.2 Å². The average molecular weight is 1110 g/mol. The second kappa shape index (κ2) is 67.6. The zero-order valence-electron chi connectivity index (χ0n) is 52.9. The Balaban J connectivity index is 4.16. The van der Waals surface area contributed by atoms with Gasteiger partial charge in [-0.1, -0.05) is 345 Å². The maximum absolute atomic E-state index is 12.9. The number of unbranched alkanes of at least 4 members (excludes halogenated alkanes) is 43. The van der Waals surface area contributed by atoms with Crippen molar-refractivity contribution in [2.45, 2.75) is 374 Å². The molecule has 0 bridgehead atoms. The number of hydrogen-bond donors (Lipinski definition) is 0. The van der Waals surface area contributed by atoms with Crippen LogP contribution in [0, 0.1) is 0 Å². The van der Waals surface area contributed by atoms with Crippen molar-refractivity contribution in [3.63, 3.8) is 0 Å². The third kappa shape index (κ3) is 65.8. The normalized spacial score (nSPS) is 12.4. The van der Waals surface area contributed by atoms with Crippen LogP contribution in [0.25, 0.3) is 0 Å². The minimum Gasteiger partial charge on any atom is -0.462 e. The molecule has 0 heterocycles. The zero-order chi connectivity index (χ0) is 57.1. The molecule has 0 aliphatic heterocycles. The van der Waals surface area contributed by atoms with Gasteiger partial charge in [0.15, 0.2) is 6.10 Å². The van der Waals surface area contributed by atoms with Gasteiger partial charge >= 0.3 is 17.9 Å². The Bertz CT molecular complexity index is 1410. The molecule has 0 fully saturated rings. The Kier molecular flexibility index (Phi) is 65.1. The van der Waals surface area contributed by atoms with Gasteiger partial charge in [-0.05, 0) is 64.2 Å². The van der Waals surface area contributed by atoms with Crippen molar-refractivity contribution >= 4 is 17.9 Å². The molecule has 0 aromatic rings. The standard InChI is InChI=1S/C73H132O6/c1-4-7-10-13-16-19-22-25-27-29-31-32-33-34-35-36-37-38-39-40-41-42-43-45-46-48-51-54-57-60-63-66-72(75)78-69-70(68-77-71(74)65-62-59-56-53-50-24-21-18-15-12-9-6-3)79-73(76)67-64-61-58-55-52-49-47-44-30-28-26-23-20-17-14-11-8-5-2/h7,10,16,19,25,27,31-32,34-35,70H,4-6,8-9,11-15,17-18,20-24,26,28-30,33,36-69H2,1-3H3/b10-7-,19-16-,27-25-,32-31-,35-34-. The number of allylic oxidation sites excluding steroid dienone is 10. The van der Waals surface area contributed by atoms with Crippen molar-refractivity contribution in [2.75, 3.05) is 13.2 Å². The van der Waals surface area contributed by atoms with E-state index in [0.717, 1.165) is 89.9 Å². The summed E-state index contributed by atoms with van der Waals surface area (Å²) < 4.78 is 17.0. The van der Waals surface area contributed by atoms with E-state index in [1.807, 2.05) is 0 Å². The predicted octanol–water partition coefficient (Wildman–Crippen LogP) is 23.9. The highest BCUT2D eigenvalue weighted by molar-refractivity contribution is 5.71. The number of carbonyl (C=O) groups is 3. The first-order valence-electron chi connectivity index (χ1n) is 34.8. The summed E-state index contributed by atoms with van der Waals surface area (Å²) in [6.07, 6.45) is 86.8. The summed E-state index contributed by atoms with van der Waals surface area (Å²) in [6, 6.07) is 0. The summed E-state index contributed by atoms with van der Waals surface area (Å²) in [6.45, 7) is 6.59. The lowest BCUT2D eigenvalue weighted by Crippen LogP contribution is -2.30. The van der Waals surface area contributed by atoms with Crippen LogP contribution in [0.1, 0.15) is 367 Å². The molecule has 0 amide bonds. The van der Waals surface area contributed by atoms with E-state index in [1.54, 1.807) is 0 Å². The maximum Gasteiger partial charge on any atom is 0.306 e. The Morgan fingerprint density at radius 1 is 0.266 bits per heavy atom. The molecule has 1 unspecified atom stereocenters. The number of esters is 3. The van der Waals surface area contributed by atoms with Gasteiger partial charge in [0.25, 0.3) is 0 Å². The first-order valence-corrected chi connectivity index (χ1v) is 34.8. The molecule has 79 heavy (non-hydrogen) atoms. The molecular weight excluding hydrogens is 973 g/mol. The summed E-state index contributed by atoms with van der Waals surface area (Å²) in [4.78, 5) is 38.4. The smallest absolute Gasteiger partial charge is 0.306 e. The molecule has 0 N–H and O–H groups in total. The molecule has 0 aliphatic carbocycles. The average Bonchev–Trinajstić information content (AvgIpc) is 3.45. The van der Waals surface area contributed by atoms with Gasteiger partial charge in [0.1, 0.15) is 13.2 Å². The van der Waals surface area contributed by atoms with Gasteiger partial charge in [0.2, 0.25) is 0 Å². The molecular formula is C73H132O6. The van der Waals surface area contributed by atoms with E-state index in [9.17, 15) is 14.4 Å². The zero-order valence-corrected chi connectivity index (χ0v) is 52.9. The summed E-state index contributed by atoms with van der Waals surface area (Å²) in [5.41, 5.74) is 0. The Hall–Kier alpha value is -2.89. The highest BCUT2D eigenvalue weighted by Crippen LogP contribution is 2.18. The van der Waals surface area contributed by atoms with Gasteiger partial charge in [-0.2, -0.15) is 0 Å². The number of hydrogen-bond acceptors (Lipinski definition) is 6. The summed E-state index contributed by atoms with van der Waals surface area (Å²) in [5, 5.41) is 0. The first kappa shape index (κ1) is 76.1. The van der Waals surface area contributed by atoms with Gasteiger partial charge in [-0.25, -0.2) is 0 Å². The highest BCUT2D eigenvalue weighted by Gasteiger charge is 2.19. The maximum atomic E-state index is 12.9. The third-order valence-corrected chi connectivity index (χ3v) is 15.5. The van der Waals surface area contributed by atoms with Crippen LogP contribution < -0.4 is 0 Å². The second-order valence-corrected chi connectivity index (χ2v) is 23.4. The van der Waals surface area contributed by atoms with Crippen LogP contribution in [0.5, 0.6) is 0 Å². The Morgan fingerprint density at radius 2 is 0.494 bits per heavy atom. The van der Waals surface area contributed by atoms with Gasteiger partial charge in [-0.15, -0.1) is 0 Å². The Morgan fingerprint density at radius 3 is 0.772 bits per heavy atom. The molecule has 460 valence electrons. The van der Waals surface area contributed by atoms with E-state index in [-0.39, 0.29) is 31.1 Å². The van der Waals surface area contributed by atoms with E-state index in [0.29, 0.717) is 19.3 Å². The fourth-order valence-corrected chi connectivity index (χ4v) is 10.4. The van der Waals surface area contributed by atoms with E-state index in [2.05, 4.69) is 81.5 Å². The predicted molar refractivity (Wildman–Crippen MR) is 344 cm³/mol. The summed E-state index contributed by atoms with van der Waals surface area (Å²) >= 11 is 0. The van der Waals surface area contributed by atoms with E-state index in [1.165, 1.54) is 238 Å². The molecule has 0 spiro atoms. The van der Waals surface area contributed by atoms with Crippen LogP contribution in [0.3, 0.4) is 0 Å². The van der Waals surface area contributed by atoms with Crippen LogP contribution in [-0.2, 0) is 28.6 Å². The minimum absolute atomic E-state index is 0.0668. The SMILES string of the molecule is CC/C=C\C/C=C\C/C=C\C/C=C\C/C=C\CCCCCCCCCCCCCCCCCC(=O)OCC(COC(=O)CCCCCCCCCCCCCC)OC(=O)CCCCCCCCCCCCCCCCCCCC. The molecule has 0 rings (SSSR count). The van der Waals surface area contributed by atoms with Crippen LogP contribution in [0.2, 0.25) is 0 Å². The van der Waals surface area contributed by atoms with Gasteiger partial charge in [0, 0.05) is 19.3 Å². The van der Waals surface area contributed by atoms with Crippen molar-refractivity contribution in [1.29, 1.82) is 0 Å². The second-order valence-electron chi connectivity index (χ2n) is 23.4. The quantitative estimate of drug-likeness (QED) is 0.0261. The largest absolute Gasteiger partial charge is 0.462 e. The molecule has 0 saturated heterocycles. The molecule has 1 atom stereocenters. The molecule has 6 heteroatoms. The van der Waals surface area contributed by atoms with Crippen LogP contribution in [0.4, 0.5) is 0 Å². The third-order valence-electron chi connectivity index (χ3n) is 15.5. The summed E-state index contributed by atoms with van der Waals surface area (Å²) in [7, 11) is 0. The lowest BCUT2D eigenvalue weighted by molar-refractivity contribution is -0.167. The fourth-order valence-electron chi connectivity index (χ4n) is 10.4. The lowest BCUT2D eigenvalue weighted by atomic mass is 10.0. The first-order chi connectivity index (χ1) is 39.0. The van der Waals surface area contributed by atoms with Crippen molar-refractivity contribution in [3.05, 3.63) is 60.8 Å². The summed E-state index contributed by atoms with van der Waals surface area (Å²) in [5.74, 6) is -0.841. The van der Waals surface area contributed by atoms with Gasteiger partial charge in [0.05, 0.1) is 0 Å². The fraction of sp³-hybridized carbons (Fsp3) is 0.822. The Labute approximate surface area is 491 Å².